The summed E-state index contributed by atoms with van der Waals surface area (Å²) < 4.78 is 24.0. The lowest BCUT2D eigenvalue weighted by Gasteiger charge is -2.55. The van der Waals surface area contributed by atoms with Crippen molar-refractivity contribution in [3.05, 3.63) is 29.3 Å². The van der Waals surface area contributed by atoms with Gasteiger partial charge in [0.05, 0.1) is 0 Å². The number of likely N-dealkylation sites (N-methyl/N-ethyl adjacent to an activating group) is 1. The fourth-order valence-electron chi connectivity index (χ4n) is 6.53. The van der Waals surface area contributed by atoms with E-state index in [-0.39, 0.29) is 36.2 Å². The molecule has 7 nitrogen and oxygen atoms in total. The van der Waals surface area contributed by atoms with Crippen LogP contribution in [0.1, 0.15) is 57.6 Å². The first kappa shape index (κ1) is 22.3. The molecule has 1 spiro atoms. The first-order valence-corrected chi connectivity index (χ1v) is 12.1. The summed E-state index contributed by atoms with van der Waals surface area (Å²) >= 11 is 0. The smallest absolute Gasteiger partial charge is 0.308 e. The quantitative estimate of drug-likeness (QED) is 0.354. The zero-order valence-corrected chi connectivity index (χ0v) is 19.9. The molecule has 0 aromatic heterocycles. The Morgan fingerprint density at radius 1 is 1.27 bits per heavy atom. The number of piperidine rings is 1. The van der Waals surface area contributed by atoms with Crippen LogP contribution in [0.4, 0.5) is 0 Å². The van der Waals surface area contributed by atoms with Crippen LogP contribution in [0.15, 0.2) is 18.2 Å². The standard InChI is InChI=1S/C26H33NO6/c1-5-7-17(31-15(2)28)14-30-21-13-22(32-16(3)29)25-24-18(21)12-20-19-8-6-9-23(33-25)26(19,24)10-11-27(20)4/h6,8,13,17,19-20,23H,5,7,9-12,14H2,1-4H3/t17?,19-,20+,23-,26+/m0/s1. The molecule has 1 fully saturated rings. The van der Waals surface area contributed by atoms with Crippen molar-refractivity contribution in [1.29, 1.82) is 0 Å². The molecule has 1 saturated heterocycles. The average Bonchev–Trinajstić information content (AvgIpc) is 3.09. The van der Waals surface area contributed by atoms with E-state index in [1.165, 1.54) is 19.4 Å². The van der Waals surface area contributed by atoms with Gasteiger partial charge >= 0.3 is 11.9 Å². The van der Waals surface area contributed by atoms with E-state index in [4.69, 9.17) is 18.9 Å². The van der Waals surface area contributed by atoms with E-state index >= 15 is 0 Å². The number of ether oxygens (including phenoxy) is 4. The highest BCUT2D eigenvalue weighted by Crippen LogP contribution is 2.64. The Morgan fingerprint density at radius 2 is 2.09 bits per heavy atom. The SMILES string of the molecule is CCCC(COc1cc(OC(C)=O)c2c3c1C[C@@H]1[C@@H]4C=CC[C@H](O2)[C@]34CCN1C)OC(C)=O. The van der Waals surface area contributed by atoms with Gasteiger partial charge in [0, 0.05) is 54.8 Å². The summed E-state index contributed by atoms with van der Waals surface area (Å²) in [5, 5.41) is 0. The summed E-state index contributed by atoms with van der Waals surface area (Å²) in [6, 6.07) is 2.16. The highest BCUT2D eigenvalue weighted by Gasteiger charge is 2.62. The molecule has 0 amide bonds. The molecule has 1 aromatic carbocycles. The molecule has 0 N–H and O–H groups in total. The van der Waals surface area contributed by atoms with Crippen molar-refractivity contribution in [2.24, 2.45) is 5.92 Å². The Balaban J connectivity index is 1.59. The summed E-state index contributed by atoms with van der Waals surface area (Å²) in [5.74, 6) is 1.50. The van der Waals surface area contributed by atoms with E-state index in [1.807, 2.05) is 0 Å². The third kappa shape index (κ3) is 3.52. The zero-order valence-electron chi connectivity index (χ0n) is 19.9. The maximum absolute atomic E-state index is 11.9. The molecule has 2 aliphatic carbocycles. The minimum Gasteiger partial charge on any atom is -0.489 e. The molecular formula is C26H33NO6. The minimum absolute atomic E-state index is 0.0381. The number of nitrogens with zero attached hydrogens (tertiary/aromatic N) is 1. The third-order valence-corrected chi connectivity index (χ3v) is 7.79. The molecule has 2 bridgehead atoms. The number of benzene rings is 1. The first-order valence-electron chi connectivity index (χ1n) is 12.1. The van der Waals surface area contributed by atoms with Gasteiger partial charge in [0.1, 0.15) is 24.6 Å². The number of hydrogen-bond acceptors (Lipinski definition) is 7. The number of carbonyl (C=O) groups excluding carboxylic acids is 2. The average molecular weight is 456 g/mol. The predicted octanol–water partition coefficient (Wildman–Crippen LogP) is 3.56. The number of esters is 2. The van der Waals surface area contributed by atoms with E-state index in [1.54, 1.807) is 6.07 Å². The number of rotatable bonds is 7. The summed E-state index contributed by atoms with van der Waals surface area (Å²) in [6.45, 7) is 6.15. The Hall–Kier alpha value is -2.54. The normalized spacial score (nSPS) is 29.6. The summed E-state index contributed by atoms with van der Waals surface area (Å²) in [5.41, 5.74) is 2.19. The van der Waals surface area contributed by atoms with Crippen LogP contribution in [-0.2, 0) is 26.2 Å². The lowest BCUT2D eigenvalue weighted by atomic mass is 9.53. The van der Waals surface area contributed by atoms with Gasteiger partial charge in [-0.15, -0.1) is 0 Å². The van der Waals surface area contributed by atoms with Gasteiger partial charge in [-0.3, -0.25) is 9.59 Å². The molecule has 5 atom stereocenters. The molecule has 0 saturated carbocycles. The fourth-order valence-corrected chi connectivity index (χ4v) is 6.53. The number of hydrogen-bond donors (Lipinski definition) is 0. The van der Waals surface area contributed by atoms with E-state index < -0.39 is 0 Å². The van der Waals surface area contributed by atoms with Gasteiger partial charge in [-0.05, 0) is 32.9 Å². The summed E-state index contributed by atoms with van der Waals surface area (Å²) in [6.07, 6.45) is 8.63. The molecule has 1 aromatic rings. The number of carbonyl (C=O) groups is 2. The zero-order chi connectivity index (χ0) is 23.3. The van der Waals surface area contributed by atoms with Crippen molar-refractivity contribution in [2.75, 3.05) is 20.2 Å². The van der Waals surface area contributed by atoms with Crippen molar-refractivity contribution >= 4 is 11.9 Å². The number of likely N-dealkylation sites (tertiary alicyclic amines) is 1. The van der Waals surface area contributed by atoms with E-state index in [9.17, 15) is 9.59 Å². The van der Waals surface area contributed by atoms with Gasteiger partial charge in [0.2, 0.25) is 0 Å². The molecule has 5 rings (SSSR count). The molecule has 33 heavy (non-hydrogen) atoms. The van der Waals surface area contributed by atoms with Gasteiger partial charge in [-0.1, -0.05) is 25.5 Å². The second-order valence-corrected chi connectivity index (χ2v) is 9.82. The van der Waals surface area contributed by atoms with Crippen molar-refractivity contribution in [1.82, 2.24) is 4.90 Å². The van der Waals surface area contributed by atoms with Crippen LogP contribution in [0.2, 0.25) is 0 Å². The molecule has 178 valence electrons. The van der Waals surface area contributed by atoms with Crippen LogP contribution in [0.25, 0.3) is 0 Å². The van der Waals surface area contributed by atoms with Gasteiger partial charge in [0.15, 0.2) is 11.5 Å². The Kier molecular flexibility index (Phi) is 5.63. The van der Waals surface area contributed by atoms with Crippen molar-refractivity contribution < 1.29 is 28.5 Å². The summed E-state index contributed by atoms with van der Waals surface area (Å²) in [4.78, 5) is 25.9. The van der Waals surface area contributed by atoms with Crippen molar-refractivity contribution in [3.63, 3.8) is 0 Å². The lowest BCUT2D eigenvalue weighted by molar-refractivity contribution is -0.148. The molecule has 0 radical (unpaired) electrons. The third-order valence-electron chi connectivity index (χ3n) is 7.79. The molecule has 2 heterocycles. The fraction of sp³-hybridized carbons (Fsp3) is 0.615. The Morgan fingerprint density at radius 3 is 2.82 bits per heavy atom. The highest BCUT2D eigenvalue weighted by atomic mass is 16.6. The Bertz CT molecular complexity index is 1000. The van der Waals surface area contributed by atoms with Crippen LogP contribution in [0, 0.1) is 5.92 Å². The Labute approximate surface area is 195 Å². The van der Waals surface area contributed by atoms with Crippen molar-refractivity contribution in [3.8, 4) is 17.2 Å². The second-order valence-electron chi connectivity index (χ2n) is 9.82. The van der Waals surface area contributed by atoms with Gasteiger partial charge < -0.3 is 23.8 Å². The first-order chi connectivity index (χ1) is 15.8. The van der Waals surface area contributed by atoms with E-state index in [2.05, 4.69) is 31.0 Å². The monoisotopic (exact) mass is 455 g/mol. The van der Waals surface area contributed by atoms with Gasteiger partial charge in [-0.2, -0.15) is 0 Å². The topological polar surface area (TPSA) is 74.3 Å². The van der Waals surface area contributed by atoms with Crippen LogP contribution in [-0.4, -0.2) is 55.3 Å². The maximum atomic E-state index is 11.9. The molecule has 4 aliphatic rings. The van der Waals surface area contributed by atoms with Crippen LogP contribution < -0.4 is 14.2 Å². The van der Waals surface area contributed by atoms with Gasteiger partial charge in [-0.25, -0.2) is 0 Å². The van der Waals surface area contributed by atoms with Crippen LogP contribution >= 0.6 is 0 Å². The largest absolute Gasteiger partial charge is 0.489 e. The highest BCUT2D eigenvalue weighted by molar-refractivity contribution is 5.74. The predicted molar refractivity (Wildman–Crippen MR) is 122 cm³/mol. The lowest BCUT2D eigenvalue weighted by Crippen LogP contribution is -2.62. The summed E-state index contributed by atoms with van der Waals surface area (Å²) in [7, 11) is 2.20. The second kappa shape index (κ2) is 8.35. The van der Waals surface area contributed by atoms with E-state index in [0.29, 0.717) is 29.2 Å². The van der Waals surface area contributed by atoms with Crippen molar-refractivity contribution in [2.45, 2.75) is 76.5 Å². The molecule has 2 aliphatic heterocycles. The molecule has 7 heteroatoms. The minimum atomic E-state index is -0.386. The van der Waals surface area contributed by atoms with Crippen LogP contribution in [0.3, 0.4) is 0 Å². The van der Waals surface area contributed by atoms with Gasteiger partial charge in [0.25, 0.3) is 0 Å². The molecular weight excluding hydrogens is 422 g/mol. The maximum Gasteiger partial charge on any atom is 0.308 e. The van der Waals surface area contributed by atoms with Crippen LogP contribution in [0.5, 0.6) is 17.2 Å². The van der Waals surface area contributed by atoms with E-state index in [0.717, 1.165) is 44.2 Å². The molecule has 1 unspecified atom stereocenters.